The van der Waals surface area contributed by atoms with Crippen molar-refractivity contribution >= 4 is 5.91 Å². The number of likely N-dealkylation sites (N-methyl/N-ethyl adjacent to an activating group) is 1. The minimum Gasteiger partial charge on any atom is -0.351 e. The lowest BCUT2D eigenvalue weighted by molar-refractivity contribution is 0.0598. The van der Waals surface area contributed by atoms with Crippen LogP contribution in [0.2, 0.25) is 0 Å². The summed E-state index contributed by atoms with van der Waals surface area (Å²) in [4.78, 5) is 13.5. The maximum Gasteiger partial charge on any atom is 0.292 e. The van der Waals surface area contributed by atoms with Gasteiger partial charge in [0.25, 0.3) is 5.91 Å². The van der Waals surface area contributed by atoms with Gasteiger partial charge in [0.05, 0.1) is 5.69 Å². The Hall–Kier alpha value is -1.36. The molecule has 0 spiro atoms. The Balaban J connectivity index is 2.86. The third kappa shape index (κ3) is 2.36. The molecule has 0 aromatic carbocycles. The number of hydrogen-bond acceptors (Lipinski definition) is 4. The highest BCUT2D eigenvalue weighted by Gasteiger charge is 2.28. The average Bonchev–Trinajstić information content (AvgIpc) is 2.62. The summed E-state index contributed by atoms with van der Waals surface area (Å²) >= 11 is 0. The number of carbonyl (C=O) groups excluding carboxylic acids is 1. The van der Waals surface area contributed by atoms with Gasteiger partial charge in [-0.3, -0.25) is 4.79 Å². The summed E-state index contributed by atoms with van der Waals surface area (Å²) in [5.74, 6) is 0.0441. The maximum atomic E-state index is 11.9. The van der Waals surface area contributed by atoms with Crippen LogP contribution in [0.25, 0.3) is 0 Å². The smallest absolute Gasteiger partial charge is 0.292 e. The molecule has 1 aromatic rings. The predicted octanol–water partition coefficient (Wildman–Crippen LogP) is 0.792. The van der Waals surface area contributed by atoms with Gasteiger partial charge in [0, 0.05) is 25.2 Å². The highest BCUT2D eigenvalue weighted by Crippen LogP contribution is 2.15. The van der Waals surface area contributed by atoms with Gasteiger partial charge in [-0.05, 0) is 20.8 Å². The van der Waals surface area contributed by atoms with E-state index in [2.05, 4.69) is 5.16 Å². The van der Waals surface area contributed by atoms with Gasteiger partial charge in [-0.25, -0.2) is 0 Å². The van der Waals surface area contributed by atoms with Crippen LogP contribution >= 0.6 is 0 Å². The van der Waals surface area contributed by atoms with Crippen LogP contribution in [0.4, 0.5) is 0 Å². The first-order valence-corrected chi connectivity index (χ1v) is 4.80. The maximum absolute atomic E-state index is 11.9. The second kappa shape index (κ2) is 4.02. The average molecular weight is 211 g/mol. The summed E-state index contributed by atoms with van der Waals surface area (Å²) in [5.41, 5.74) is 5.89. The molecule has 0 atom stereocenters. The Kier molecular flexibility index (Phi) is 3.14. The van der Waals surface area contributed by atoms with Crippen LogP contribution in [-0.2, 0) is 0 Å². The molecule has 84 valence electrons. The zero-order valence-corrected chi connectivity index (χ0v) is 9.57. The molecular formula is C10H17N3O2. The predicted molar refractivity (Wildman–Crippen MR) is 56.5 cm³/mol. The molecule has 0 aliphatic rings. The van der Waals surface area contributed by atoms with Crippen LogP contribution in [0.5, 0.6) is 0 Å². The molecule has 0 saturated carbocycles. The Morgan fingerprint density at radius 2 is 2.27 bits per heavy atom. The van der Waals surface area contributed by atoms with E-state index in [1.54, 1.807) is 24.9 Å². The summed E-state index contributed by atoms with van der Waals surface area (Å²) in [6.45, 7) is 5.96. The van der Waals surface area contributed by atoms with Crippen LogP contribution in [0.1, 0.15) is 30.1 Å². The highest BCUT2D eigenvalue weighted by molar-refractivity contribution is 5.91. The molecule has 1 heterocycles. The Morgan fingerprint density at radius 1 is 1.67 bits per heavy atom. The van der Waals surface area contributed by atoms with E-state index in [4.69, 9.17) is 10.3 Å². The molecular weight excluding hydrogens is 194 g/mol. The monoisotopic (exact) mass is 211 g/mol. The lowest BCUT2D eigenvalue weighted by Crippen LogP contribution is -2.49. The molecule has 0 unspecified atom stereocenters. The second-order valence-electron chi connectivity index (χ2n) is 4.21. The fourth-order valence-corrected chi connectivity index (χ4v) is 1.04. The normalized spacial score (nSPS) is 11.5. The third-order valence-electron chi connectivity index (χ3n) is 2.55. The summed E-state index contributed by atoms with van der Waals surface area (Å²) in [5, 5.41) is 3.67. The number of carbonyl (C=O) groups is 1. The van der Waals surface area contributed by atoms with E-state index in [-0.39, 0.29) is 11.7 Å². The molecule has 0 aliphatic heterocycles. The Bertz CT molecular complexity index is 357. The van der Waals surface area contributed by atoms with E-state index in [1.807, 2.05) is 13.8 Å². The van der Waals surface area contributed by atoms with Gasteiger partial charge in [0.2, 0.25) is 5.76 Å². The first kappa shape index (κ1) is 11.7. The summed E-state index contributed by atoms with van der Waals surface area (Å²) in [7, 11) is 1.70. The molecule has 15 heavy (non-hydrogen) atoms. The van der Waals surface area contributed by atoms with Crippen molar-refractivity contribution < 1.29 is 9.32 Å². The summed E-state index contributed by atoms with van der Waals surface area (Å²) < 4.78 is 4.90. The number of aryl methyl sites for hydroxylation is 1. The van der Waals surface area contributed by atoms with Crippen molar-refractivity contribution in [3.05, 3.63) is 17.5 Å². The minimum absolute atomic E-state index is 0.203. The first-order valence-electron chi connectivity index (χ1n) is 4.80. The number of aromatic nitrogens is 1. The fourth-order valence-electron chi connectivity index (χ4n) is 1.04. The van der Waals surface area contributed by atoms with E-state index >= 15 is 0 Å². The molecule has 1 rings (SSSR count). The van der Waals surface area contributed by atoms with Crippen LogP contribution in [0.3, 0.4) is 0 Å². The van der Waals surface area contributed by atoms with E-state index in [1.165, 1.54) is 0 Å². The minimum atomic E-state index is -0.391. The van der Waals surface area contributed by atoms with Crippen molar-refractivity contribution in [1.82, 2.24) is 10.1 Å². The number of nitrogens with two attached hydrogens (primary N) is 1. The largest absolute Gasteiger partial charge is 0.351 e. The third-order valence-corrected chi connectivity index (χ3v) is 2.55. The van der Waals surface area contributed by atoms with Gasteiger partial charge < -0.3 is 15.2 Å². The zero-order chi connectivity index (χ0) is 11.6. The van der Waals surface area contributed by atoms with Crippen LogP contribution in [0, 0.1) is 6.92 Å². The van der Waals surface area contributed by atoms with Gasteiger partial charge >= 0.3 is 0 Å². The Morgan fingerprint density at radius 3 is 2.67 bits per heavy atom. The second-order valence-corrected chi connectivity index (χ2v) is 4.21. The molecule has 0 fully saturated rings. The lowest BCUT2D eigenvalue weighted by atomic mass is 10.0. The van der Waals surface area contributed by atoms with E-state index in [0.29, 0.717) is 12.2 Å². The molecule has 2 N–H and O–H groups in total. The van der Waals surface area contributed by atoms with Crippen molar-refractivity contribution in [3.8, 4) is 0 Å². The van der Waals surface area contributed by atoms with Crippen molar-refractivity contribution in [2.24, 2.45) is 5.73 Å². The summed E-state index contributed by atoms with van der Waals surface area (Å²) in [6, 6.07) is 1.62. The first-order chi connectivity index (χ1) is 6.88. The number of amides is 1. The van der Waals surface area contributed by atoms with Crippen molar-refractivity contribution in [2.75, 3.05) is 13.6 Å². The molecule has 0 aliphatic carbocycles. The number of nitrogens with zero attached hydrogens (tertiary/aromatic N) is 2. The summed E-state index contributed by atoms with van der Waals surface area (Å²) in [6.07, 6.45) is 0. The molecule has 5 nitrogen and oxygen atoms in total. The topological polar surface area (TPSA) is 72.4 Å². The van der Waals surface area contributed by atoms with E-state index < -0.39 is 5.54 Å². The van der Waals surface area contributed by atoms with Crippen molar-refractivity contribution in [2.45, 2.75) is 26.3 Å². The molecule has 0 radical (unpaired) electrons. The fraction of sp³-hybridized carbons (Fsp3) is 0.600. The highest BCUT2D eigenvalue weighted by atomic mass is 16.5. The van der Waals surface area contributed by atoms with Gasteiger partial charge in [0.15, 0.2) is 0 Å². The quantitative estimate of drug-likeness (QED) is 0.802. The van der Waals surface area contributed by atoms with Gasteiger partial charge in [-0.15, -0.1) is 0 Å². The van der Waals surface area contributed by atoms with E-state index in [9.17, 15) is 4.79 Å². The van der Waals surface area contributed by atoms with Crippen LogP contribution in [-0.4, -0.2) is 35.1 Å². The molecule has 0 saturated heterocycles. The molecule has 1 amide bonds. The zero-order valence-electron chi connectivity index (χ0n) is 9.57. The SMILES string of the molecule is Cc1cc(C(=O)N(C)C(C)(C)CN)on1. The van der Waals surface area contributed by atoms with Gasteiger partial charge in [-0.1, -0.05) is 5.16 Å². The van der Waals surface area contributed by atoms with Crippen LogP contribution in [0.15, 0.2) is 10.6 Å². The lowest BCUT2D eigenvalue weighted by Gasteiger charge is -2.33. The Labute approximate surface area is 89.2 Å². The van der Waals surface area contributed by atoms with Crippen LogP contribution < -0.4 is 5.73 Å². The van der Waals surface area contributed by atoms with Gasteiger partial charge in [-0.2, -0.15) is 0 Å². The standard InChI is InChI=1S/C10H17N3O2/c1-7-5-8(15-12-7)9(14)13(4)10(2,3)6-11/h5H,6,11H2,1-4H3. The van der Waals surface area contributed by atoms with E-state index in [0.717, 1.165) is 0 Å². The molecule has 1 aromatic heterocycles. The van der Waals surface area contributed by atoms with Crippen molar-refractivity contribution in [1.29, 1.82) is 0 Å². The number of hydrogen-bond donors (Lipinski definition) is 1. The number of rotatable bonds is 3. The molecule has 0 bridgehead atoms. The van der Waals surface area contributed by atoms with Crippen molar-refractivity contribution in [3.63, 3.8) is 0 Å². The van der Waals surface area contributed by atoms with Gasteiger partial charge in [0.1, 0.15) is 0 Å². The molecule has 5 heteroatoms.